The quantitative estimate of drug-likeness (QED) is 0.350. The summed E-state index contributed by atoms with van der Waals surface area (Å²) in [5.41, 5.74) is 12.0. The number of aryl methyl sites for hydroxylation is 1. The van der Waals surface area contributed by atoms with Crippen LogP contribution in [0.15, 0.2) is 72.8 Å². The first-order valence-electron chi connectivity index (χ1n) is 11.9. The zero-order chi connectivity index (χ0) is 25.2. The number of hydrogen-bond donors (Lipinski definition) is 1. The molecule has 0 unspecified atom stereocenters. The van der Waals surface area contributed by atoms with Crippen molar-refractivity contribution < 1.29 is 9.53 Å². The zero-order valence-corrected chi connectivity index (χ0v) is 21.2. The Kier molecular flexibility index (Phi) is 6.83. The van der Waals surface area contributed by atoms with Crippen molar-refractivity contribution in [3.05, 3.63) is 89.5 Å². The third-order valence-corrected chi connectivity index (χ3v) is 6.52. The Morgan fingerprint density at radius 3 is 2.46 bits per heavy atom. The average Bonchev–Trinajstić information content (AvgIpc) is 3.15. The van der Waals surface area contributed by atoms with E-state index in [0.717, 1.165) is 33.4 Å². The molecule has 0 aliphatic rings. The number of nitrogen functional groups attached to an aromatic ring is 1. The maximum absolute atomic E-state index is 13.2. The minimum Gasteiger partial charge on any atom is -0.445 e. The first-order valence-corrected chi connectivity index (χ1v) is 11.9. The maximum Gasteiger partial charge on any atom is 0.410 e. The summed E-state index contributed by atoms with van der Waals surface area (Å²) < 4.78 is 7.66. The van der Waals surface area contributed by atoms with Gasteiger partial charge in [0, 0.05) is 18.3 Å². The van der Waals surface area contributed by atoms with Crippen molar-refractivity contribution in [2.45, 2.75) is 53.8 Å². The molecule has 2 N–H and O–H groups in total. The number of rotatable bonds is 6. The van der Waals surface area contributed by atoms with Gasteiger partial charge < -0.3 is 15.4 Å². The molecule has 4 rings (SSSR count). The average molecular weight is 471 g/mol. The number of imidazole rings is 1. The highest BCUT2D eigenvalue weighted by Gasteiger charge is 2.31. The van der Waals surface area contributed by atoms with Gasteiger partial charge in [-0.25, -0.2) is 9.78 Å². The van der Waals surface area contributed by atoms with Gasteiger partial charge in [0.15, 0.2) is 0 Å². The molecule has 0 radical (unpaired) electrons. The normalized spacial score (nSPS) is 12.5. The topological polar surface area (TPSA) is 73.4 Å². The van der Waals surface area contributed by atoms with Crippen molar-refractivity contribution in [1.29, 1.82) is 0 Å². The van der Waals surface area contributed by atoms with Gasteiger partial charge in [-0.2, -0.15) is 0 Å². The molecule has 0 saturated carbocycles. The molecule has 6 nitrogen and oxygen atoms in total. The molecule has 0 saturated heterocycles. The number of carbonyl (C=O) groups excluding carboxylic acids is 1. The summed E-state index contributed by atoms with van der Waals surface area (Å²) in [4.78, 5) is 19.6. The Morgan fingerprint density at radius 2 is 1.77 bits per heavy atom. The molecule has 0 aliphatic carbocycles. The standard InChI is InChI=1S/C29H34N4O2/c1-20-10-9-13-24(16-20)33-26-15-14-23(17-25(26)31-27(33)30)18-32(21(2)29(3,4)5)28(34)35-19-22-11-7-6-8-12-22/h6-17,21H,18-19H2,1-5H3,(H2,30,31)/t21-/m0/s1. The van der Waals surface area contributed by atoms with Crippen molar-refractivity contribution in [3.63, 3.8) is 0 Å². The number of aromatic nitrogens is 2. The minimum atomic E-state index is -0.332. The summed E-state index contributed by atoms with van der Waals surface area (Å²) in [7, 11) is 0. The molecule has 0 spiro atoms. The third-order valence-electron chi connectivity index (χ3n) is 6.52. The Balaban J connectivity index is 1.61. The van der Waals surface area contributed by atoms with Crippen LogP contribution < -0.4 is 5.73 Å². The molecular formula is C29H34N4O2. The molecule has 35 heavy (non-hydrogen) atoms. The van der Waals surface area contributed by atoms with Crippen LogP contribution in [0.25, 0.3) is 16.7 Å². The molecular weight excluding hydrogens is 436 g/mol. The molecule has 1 aromatic heterocycles. The SMILES string of the molecule is Cc1cccc(-n2c(N)nc3cc(CN(C(=O)OCc4ccccc4)[C@@H](C)C(C)(C)C)ccc32)c1. The summed E-state index contributed by atoms with van der Waals surface area (Å²) >= 11 is 0. The van der Waals surface area contributed by atoms with E-state index in [0.29, 0.717) is 12.5 Å². The van der Waals surface area contributed by atoms with Crippen LogP contribution in [0, 0.1) is 12.3 Å². The van der Waals surface area contributed by atoms with Gasteiger partial charge in [0.25, 0.3) is 0 Å². The van der Waals surface area contributed by atoms with E-state index in [-0.39, 0.29) is 24.2 Å². The fourth-order valence-corrected chi connectivity index (χ4v) is 4.11. The molecule has 1 atom stereocenters. The summed E-state index contributed by atoms with van der Waals surface area (Å²) in [5.74, 6) is 0.435. The molecule has 0 bridgehead atoms. The van der Waals surface area contributed by atoms with Crippen LogP contribution in [0.1, 0.15) is 44.4 Å². The van der Waals surface area contributed by atoms with E-state index >= 15 is 0 Å². The second-order valence-electron chi connectivity index (χ2n) is 10.2. The predicted molar refractivity (Wildman–Crippen MR) is 141 cm³/mol. The number of nitrogens with zero attached hydrogens (tertiary/aromatic N) is 3. The second-order valence-corrected chi connectivity index (χ2v) is 10.2. The number of ether oxygens (including phenoxy) is 1. The van der Waals surface area contributed by atoms with Crippen LogP contribution in [0.5, 0.6) is 0 Å². The lowest BCUT2D eigenvalue weighted by Crippen LogP contribution is -2.45. The minimum absolute atomic E-state index is 0.0450. The van der Waals surface area contributed by atoms with E-state index in [4.69, 9.17) is 10.5 Å². The van der Waals surface area contributed by atoms with Gasteiger partial charge >= 0.3 is 6.09 Å². The number of carbonyl (C=O) groups is 1. The van der Waals surface area contributed by atoms with E-state index in [1.54, 1.807) is 4.90 Å². The Morgan fingerprint density at radius 1 is 1.03 bits per heavy atom. The molecule has 182 valence electrons. The van der Waals surface area contributed by atoms with Gasteiger partial charge in [0.2, 0.25) is 5.95 Å². The lowest BCUT2D eigenvalue weighted by Gasteiger charge is -2.37. The Hall–Kier alpha value is -3.80. The highest BCUT2D eigenvalue weighted by atomic mass is 16.6. The van der Waals surface area contributed by atoms with E-state index in [2.05, 4.69) is 51.7 Å². The van der Waals surface area contributed by atoms with Gasteiger partial charge in [0.1, 0.15) is 6.61 Å². The lowest BCUT2D eigenvalue weighted by atomic mass is 9.87. The Labute approximate surface area is 207 Å². The van der Waals surface area contributed by atoms with Crippen LogP contribution in [-0.4, -0.2) is 26.6 Å². The largest absolute Gasteiger partial charge is 0.445 e. The smallest absolute Gasteiger partial charge is 0.410 e. The van der Waals surface area contributed by atoms with E-state index in [9.17, 15) is 4.79 Å². The molecule has 1 heterocycles. The summed E-state index contributed by atoms with van der Waals surface area (Å²) in [6, 6.07) is 23.9. The second kappa shape index (κ2) is 9.82. The molecule has 0 fully saturated rings. The van der Waals surface area contributed by atoms with Crippen LogP contribution in [0.2, 0.25) is 0 Å². The van der Waals surface area contributed by atoms with Crippen molar-refractivity contribution >= 4 is 23.1 Å². The van der Waals surface area contributed by atoms with Gasteiger partial charge in [0.05, 0.1) is 11.0 Å². The van der Waals surface area contributed by atoms with Crippen molar-refractivity contribution in [2.75, 3.05) is 5.73 Å². The maximum atomic E-state index is 13.2. The molecule has 0 aliphatic heterocycles. The van der Waals surface area contributed by atoms with Crippen LogP contribution in [0.4, 0.5) is 10.7 Å². The molecule has 1 amide bonds. The Bertz CT molecular complexity index is 1320. The van der Waals surface area contributed by atoms with Gasteiger partial charge in [-0.05, 0) is 60.2 Å². The summed E-state index contributed by atoms with van der Waals surface area (Å²) in [6.45, 7) is 11.2. The van der Waals surface area contributed by atoms with Crippen LogP contribution in [0.3, 0.4) is 0 Å². The zero-order valence-electron chi connectivity index (χ0n) is 21.2. The van der Waals surface area contributed by atoms with Crippen molar-refractivity contribution in [2.24, 2.45) is 5.41 Å². The third kappa shape index (κ3) is 5.48. The van der Waals surface area contributed by atoms with E-state index < -0.39 is 0 Å². The monoisotopic (exact) mass is 470 g/mol. The molecule has 3 aromatic carbocycles. The first-order chi connectivity index (χ1) is 16.6. The predicted octanol–water partition coefficient (Wildman–Crippen LogP) is 6.49. The first kappa shape index (κ1) is 24.3. The highest BCUT2D eigenvalue weighted by molar-refractivity contribution is 5.81. The molecule has 6 heteroatoms. The fraction of sp³-hybridized carbons (Fsp3) is 0.310. The fourth-order valence-electron chi connectivity index (χ4n) is 4.11. The van der Waals surface area contributed by atoms with Crippen LogP contribution in [-0.2, 0) is 17.9 Å². The number of fused-ring (bicyclic) bond motifs is 1. The lowest BCUT2D eigenvalue weighted by molar-refractivity contribution is 0.0540. The van der Waals surface area contributed by atoms with Gasteiger partial charge in [-0.15, -0.1) is 0 Å². The number of hydrogen-bond acceptors (Lipinski definition) is 4. The van der Waals surface area contributed by atoms with Crippen LogP contribution >= 0.6 is 0 Å². The molecule has 4 aromatic rings. The number of anilines is 1. The number of benzene rings is 3. The summed E-state index contributed by atoms with van der Waals surface area (Å²) in [5, 5.41) is 0. The number of amides is 1. The highest BCUT2D eigenvalue weighted by Crippen LogP contribution is 2.29. The van der Waals surface area contributed by atoms with Crippen molar-refractivity contribution in [1.82, 2.24) is 14.5 Å². The summed E-state index contributed by atoms with van der Waals surface area (Å²) in [6.07, 6.45) is -0.332. The van der Waals surface area contributed by atoms with E-state index in [1.165, 1.54) is 0 Å². The van der Waals surface area contributed by atoms with Gasteiger partial charge in [-0.3, -0.25) is 4.57 Å². The van der Waals surface area contributed by atoms with E-state index in [1.807, 2.05) is 65.2 Å². The van der Waals surface area contributed by atoms with Gasteiger partial charge in [-0.1, -0.05) is 69.3 Å². The van der Waals surface area contributed by atoms with Crippen molar-refractivity contribution in [3.8, 4) is 5.69 Å². The number of nitrogens with two attached hydrogens (primary N) is 1.